The number of hydrogen-bond acceptors (Lipinski definition) is 3. The standard InChI is InChI=1S/C13H20N2OS/c1-10-3-6-17-11(10)7-12(16)15(2)9-13(8-14)4-5-13/h3,6H,4-5,7-9,14H2,1-2H3. The van der Waals surface area contributed by atoms with E-state index in [9.17, 15) is 4.79 Å². The van der Waals surface area contributed by atoms with Gasteiger partial charge in [-0.15, -0.1) is 11.3 Å². The van der Waals surface area contributed by atoms with Crippen molar-refractivity contribution >= 4 is 17.2 Å². The molecule has 1 aromatic heterocycles. The summed E-state index contributed by atoms with van der Waals surface area (Å²) in [5, 5.41) is 2.04. The van der Waals surface area contributed by atoms with Crippen LogP contribution < -0.4 is 5.73 Å². The van der Waals surface area contributed by atoms with Gasteiger partial charge >= 0.3 is 0 Å². The Bertz CT molecular complexity index is 409. The lowest BCUT2D eigenvalue weighted by Gasteiger charge is -2.22. The molecule has 1 aromatic rings. The molecule has 0 bridgehead atoms. The van der Waals surface area contributed by atoms with E-state index in [2.05, 4.69) is 13.0 Å². The zero-order valence-corrected chi connectivity index (χ0v) is 11.3. The smallest absolute Gasteiger partial charge is 0.227 e. The first-order valence-electron chi connectivity index (χ1n) is 6.03. The van der Waals surface area contributed by atoms with Crippen LogP contribution in [0, 0.1) is 12.3 Å². The highest BCUT2D eigenvalue weighted by atomic mass is 32.1. The molecule has 0 aliphatic heterocycles. The molecule has 0 radical (unpaired) electrons. The minimum atomic E-state index is 0.204. The first kappa shape index (κ1) is 12.6. The average Bonchev–Trinajstić information content (AvgIpc) is 2.97. The zero-order chi connectivity index (χ0) is 12.5. The van der Waals surface area contributed by atoms with E-state index in [0.717, 1.165) is 6.54 Å². The molecular formula is C13H20N2OS. The van der Waals surface area contributed by atoms with Crippen molar-refractivity contribution in [2.45, 2.75) is 26.2 Å². The van der Waals surface area contributed by atoms with Crippen molar-refractivity contribution in [2.75, 3.05) is 20.1 Å². The molecule has 1 fully saturated rings. The van der Waals surface area contributed by atoms with E-state index in [1.54, 1.807) is 11.3 Å². The largest absolute Gasteiger partial charge is 0.345 e. The quantitative estimate of drug-likeness (QED) is 0.868. The molecule has 1 saturated carbocycles. The van der Waals surface area contributed by atoms with E-state index >= 15 is 0 Å². The Balaban J connectivity index is 1.90. The molecule has 0 spiro atoms. The molecule has 1 heterocycles. The van der Waals surface area contributed by atoms with E-state index in [-0.39, 0.29) is 11.3 Å². The van der Waals surface area contributed by atoms with Gasteiger partial charge in [-0.2, -0.15) is 0 Å². The first-order chi connectivity index (χ1) is 8.06. The zero-order valence-electron chi connectivity index (χ0n) is 10.5. The summed E-state index contributed by atoms with van der Waals surface area (Å²) in [6, 6.07) is 2.07. The summed E-state index contributed by atoms with van der Waals surface area (Å²) in [4.78, 5) is 15.1. The minimum Gasteiger partial charge on any atom is -0.345 e. The van der Waals surface area contributed by atoms with Crippen LogP contribution >= 0.6 is 11.3 Å². The van der Waals surface area contributed by atoms with Crippen LogP contribution in [0.1, 0.15) is 23.3 Å². The molecule has 1 aliphatic rings. The van der Waals surface area contributed by atoms with Crippen LogP contribution in [0.5, 0.6) is 0 Å². The fourth-order valence-corrected chi connectivity index (χ4v) is 2.95. The maximum Gasteiger partial charge on any atom is 0.227 e. The summed E-state index contributed by atoms with van der Waals surface area (Å²) < 4.78 is 0. The van der Waals surface area contributed by atoms with Crippen molar-refractivity contribution in [3.8, 4) is 0 Å². The summed E-state index contributed by atoms with van der Waals surface area (Å²) in [5.74, 6) is 0.204. The minimum absolute atomic E-state index is 0.204. The number of amides is 1. The van der Waals surface area contributed by atoms with Crippen LogP contribution in [0.25, 0.3) is 0 Å². The number of likely N-dealkylation sites (N-methyl/N-ethyl adjacent to an activating group) is 1. The van der Waals surface area contributed by atoms with Crippen LogP contribution in [0.2, 0.25) is 0 Å². The van der Waals surface area contributed by atoms with E-state index < -0.39 is 0 Å². The molecule has 0 saturated heterocycles. The second-order valence-corrected chi connectivity index (χ2v) is 6.16. The Labute approximate surface area is 107 Å². The van der Waals surface area contributed by atoms with Crippen molar-refractivity contribution in [1.82, 2.24) is 4.90 Å². The van der Waals surface area contributed by atoms with Crippen LogP contribution in [0.4, 0.5) is 0 Å². The lowest BCUT2D eigenvalue weighted by Crippen LogP contribution is -2.36. The van der Waals surface area contributed by atoms with Gasteiger partial charge in [0, 0.05) is 23.9 Å². The summed E-state index contributed by atoms with van der Waals surface area (Å²) in [6.07, 6.45) is 2.86. The van der Waals surface area contributed by atoms with Gasteiger partial charge in [-0.05, 0) is 43.3 Å². The molecule has 2 N–H and O–H groups in total. The highest BCUT2D eigenvalue weighted by Crippen LogP contribution is 2.44. The highest BCUT2D eigenvalue weighted by molar-refractivity contribution is 7.10. The Morgan fingerprint density at radius 1 is 1.59 bits per heavy atom. The predicted molar refractivity (Wildman–Crippen MR) is 71.1 cm³/mol. The maximum absolute atomic E-state index is 12.1. The van der Waals surface area contributed by atoms with Gasteiger partial charge in [0.05, 0.1) is 6.42 Å². The van der Waals surface area contributed by atoms with Crippen molar-refractivity contribution in [1.29, 1.82) is 0 Å². The number of thiophene rings is 1. The third-order valence-corrected chi connectivity index (χ3v) is 4.69. The van der Waals surface area contributed by atoms with Crippen molar-refractivity contribution in [2.24, 2.45) is 11.1 Å². The molecule has 4 heteroatoms. The molecular weight excluding hydrogens is 232 g/mol. The Morgan fingerprint density at radius 2 is 2.29 bits per heavy atom. The molecule has 0 atom stereocenters. The van der Waals surface area contributed by atoms with Crippen molar-refractivity contribution < 1.29 is 4.79 Å². The second-order valence-electron chi connectivity index (χ2n) is 5.16. The lowest BCUT2D eigenvalue weighted by molar-refractivity contribution is -0.129. The first-order valence-corrected chi connectivity index (χ1v) is 6.91. The van der Waals surface area contributed by atoms with Gasteiger partial charge < -0.3 is 10.6 Å². The number of carbonyl (C=O) groups excluding carboxylic acids is 1. The lowest BCUT2D eigenvalue weighted by atomic mass is 10.1. The summed E-state index contributed by atoms with van der Waals surface area (Å²) in [6.45, 7) is 3.57. The van der Waals surface area contributed by atoms with Crippen molar-refractivity contribution in [3.05, 3.63) is 21.9 Å². The van der Waals surface area contributed by atoms with E-state index in [1.807, 2.05) is 17.3 Å². The maximum atomic E-state index is 12.1. The van der Waals surface area contributed by atoms with Crippen LogP contribution in [0.15, 0.2) is 11.4 Å². The van der Waals surface area contributed by atoms with Gasteiger partial charge in [0.1, 0.15) is 0 Å². The topological polar surface area (TPSA) is 46.3 Å². The molecule has 3 nitrogen and oxygen atoms in total. The van der Waals surface area contributed by atoms with Gasteiger partial charge in [-0.25, -0.2) is 0 Å². The normalized spacial score (nSPS) is 16.9. The summed E-state index contributed by atoms with van der Waals surface area (Å²) >= 11 is 1.66. The van der Waals surface area contributed by atoms with Crippen LogP contribution in [-0.4, -0.2) is 30.9 Å². The van der Waals surface area contributed by atoms with Gasteiger partial charge in [0.25, 0.3) is 0 Å². The number of rotatable bonds is 5. The van der Waals surface area contributed by atoms with Crippen LogP contribution in [0.3, 0.4) is 0 Å². The summed E-state index contributed by atoms with van der Waals surface area (Å²) in [5.41, 5.74) is 7.19. The number of carbonyl (C=O) groups is 1. The SMILES string of the molecule is Cc1ccsc1CC(=O)N(C)CC1(CN)CC1. The van der Waals surface area contributed by atoms with E-state index in [4.69, 9.17) is 5.73 Å². The monoisotopic (exact) mass is 252 g/mol. The summed E-state index contributed by atoms with van der Waals surface area (Å²) in [7, 11) is 1.89. The number of nitrogens with zero attached hydrogens (tertiary/aromatic N) is 1. The number of nitrogens with two attached hydrogens (primary N) is 1. The third-order valence-electron chi connectivity index (χ3n) is 3.67. The molecule has 0 aromatic carbocycles. The Morgan fingerprint density at radius 3 is 2.76 bits per heavy atom. The van der Waals surface area contributed by atoms with Gasteiger partial charge in [-0.1, -0.05) is 0 Å². The molecule has 1 aliphatic carbocycles. The van der Waals surface area contributed by atoms with E-state index in [1.165, 1.54) is 23.3 Å². The third kappa shape index (κ3) is 2.87. The van der Waals surface area contributed by atoms with Gasteiger partial charge in [-0.3, -0.25) is 4.79 Å². The molecule has 0 unspecified atom stereocenters. The Hall–Kier alpha value is -0.870. The molecule has 94 valence electrons. The average molecular weight is 252 g/mol. The Kier molecular flexibility index (Phi) is 3.54. The van der Waals surface area contributed by atoms with Gasteiger partial charge in [0.15, 0.2) is 0 Å². The fraction of sp³-hybridized carbons (Fsp3) is 0.615. The molecule has 17 heavy (non-hydrogen) atoms. The fourth-order valence-electron chi connectivity index (χ4n) is 2.05. The highest BCUT2D eigenvalue weighted by Gasteiger charge is 2.42. The predicted octanol–water partition coefficient (Wildman–Crippen LogP) is 1.80. The number of aryl methyl sites for hydroxylation is 1. The van der Waals surface area contributed by atoms with Crippen molar-refractivity contribution in [3.63, 3.8) is 0 Å². The number of hydrogen-bond donors (Lipinski definition) is 1. The van der Waals surface area contributed by atoms with Crippen LogP contribution in [-0.2, 0) is 11.2 Å². The second kappa shape index (κ2) is 4.78. The van der Waals surface area contributed by atoms with Gasteiger partial charge in [0.2, 0.25) is 5.91 Å². The van der Waals surface area contributed by atoms with E-state index in [0.29, 0.717) is 13.0 Å². The molecule has 1 amide bonds. The molecule has 2 rings (SSSR count).